The lowest BCUT2D eigenvalue weighted by molar-refractivity contribution is -0.145. The van der Waals surface area contributed by atoms with Gasteiger partial charge in [0.1, 0.15) is 0 Å². The van der Waals surface area contributed by atoms with E-state index in [2.05, 4.69) is 11.8 Å². The number of carbonyl (C=O) groups excluding carboxylic acids is 3. The van der Waals surface area contributed by atoms with Crippen LogP contribution in [0.3, 0.4) is 0 Å². The maximum atomic E-state index is 13.1. The van der Waals surface area contributed by atoms with E-state index in [4.69, 9.17) is 4.74 Å². The molecule has 2 saturated heterocycles. The number of esters is 1. The second kappa shape index (κ2) is 12.0. The summed E-state index contributed by atoms with van der Waals surface area (Å²) in [7, 11) is 0. The Kier molecular flexibility index (Phi) is 9.75. The van der Waals surface area contributed by atoms with Gasteiger partial charge in [-0.3, -0.25) is 19.3 Å². The molecule has 2 heterocycles. The standard InChI is InChI=1S/C21H37N3O4/c1-3-22-14-9-10-18(22)16-24(15-12-21(27)28-4-2)20(26)17-23-13-8-6-5-7-11-19(23)25/h18H,3-17H2,1-2H3. The van der Waals surface area contributed by atoms with Crippen LogP contribution in [0.5, 0.6) is 0 Å². The predicted molar refractivity (Wildman–Crippen MR) is 108 cm³/mol. The number of rotatable bonds is 9. The third kappa shape index (κ3) is 7.08. The Morgan fingerprint density at radius 1 is 1.11 bits per heavy atom. The molecule has 0 aromatic carbocycles. The lowest BCUT2D eigenvalue weighted by Gasteiger charge is -2.32. The summed E-state index contributed by atoms with van der Waals surface area (Å²) in [5, 5.41) is 0. The van der Waals surface area contributed by atoms with Crippen molar-refractivity contribution in [2.45, 2.75) is 71.3 Å². The summed E-state index contributed by atoms with van der Waals surface area (Å²) in [6.07, 6.45) is 7.00. The van der Waals surface area contributed by atoms with Gasteiger partial charge in [0.25, 0.3) is 0 Å². The third-order valence-electron chi connectivity index (χ3n) is 5.83. The molecule has 0 radical (unpaired) electrons. The normalized spacial score (nSPS) is 21.3. The minimum atomic E-state index is -0.276. The fourth-order valence-electron chi connectivity index (χ4n) is 4.20. The molecule has 0 bridgehead atoms. The van der Waals surface area contributed by atoms with Crippen molar-refractivity contribution in [3.8, 4) is 0 Å². The molecule has 7 nitrogen and oxygen atoms in total. The van der Waals surface area contributed by atoms with E-state index in [1.165, 1.54) is 0 Å². The van der Waals surface area contributed by atoms with Gasteiger partial charge in [0, 0.05) is 32.1 Å². The van der Waals surface area contributed by atoms with Gasteiger partial charge in [-0.25, -0.2) is 0 Å². The van der Waals surface area contributed by atoms with E-state index in [9.17, 15) is 14.4 Å². The number of amides is 2. The molecular formula is C21H37N3O4. The smallest absolute Gasteiger partial charge is 0.307 e. The van der Waals surface area contributed by atoms with Gasteiger partial charge in [-0.05, 0) is 45.7 Å². The molecule has 2 rings (SSSR count). The molecule has 0 saturated carbocycles. The van der Waals surface area contributed by atoms with Gasteiger partial charge < -0.3 is 14.5 Å². The molecule has 1 atom stereocenters. The van der Waals surface area contributed by atoms with E-state index < -0.39 is 0 Å². The quantitative estimate of drug-likeness (QED) is 0.559. The van der Waals surface area contributed by atoms with Crippen molar-refractivity contribution < 1.29 is 19.1 Å². The van der Waals surface area contributed by atoms with Crippen LogP contribution in [-0.2, 0) is 19.1 Å². The summed E-state index contributed by atoms with van der Waals surface area (Å²) in [4.78, 5) is 43.2. The van der Waals surface area contributed by atoms with Gasteiger partial charge in [-0.1, -0.05) is 19.8 Å². The largest absolute Gasteiger partial charge is 0.466 e. The van der Waals surface area contributed by atoms with Crippen LogP contribution in [0.2, 0.25) is 0 Å². The van der Waals surface area contributed by atoms with E-state index in [0.717, 1.165) is 51.6 Å². The Labute approximate surface area is 169 Å². The fourth-order valence-corrected chi connectivity index (χ4v) is 4.20. The minimum absolute atomic E-state index is 0.0545. The number of ether oxygens (including phenoxy) is 1. The van der Waals surface area contributed by atoms with E-state index >= 15 is 0 Å². The molecule has 2 aliphatic heterocycles. The molecule has 0 aromatic heterocycles. The summed E-state index contributed by atoms with van der Waals surface area (Å²) >= 11 is 0. The van der Waals surface area contributed by atoms with Crippen LogP contribution in [0.1, 0.15) is 65.2 Å². The second-order valence-corrected chi connectivity index (χ2v) is 7.80. The predicted octanol–water partition coefficient (Wildman–Crippen LogP) is 2.05. The Morgan fingerprint density at radius 3 is 2.64 bits per heavy atom. The molecule has 2 aliphatic rings. The van der Waals surface area contributed by atoms with Gasteiger partial charge in [-0.2, -0.15) is 0 Å². The number of likely N-dealkylation sites (tertiary alicyclic amines) is 2. The average Bonchev–Trinajstić information content (AvgIpc) is 3.12. The Hall–Kier alpha value is -1.63. The van der Waals surface area contributed by atoms with Gasteiger partial charge in [0.2, 0.25) is 11.8 Å². The average molecular weight is 396 g/mol. The zero-order chi connectivity index (χ0) is 20.4. The van der Waals surface area contributed by atoms with E-state index in [-0.39, 0.29) is 30.7 Å². The molecular weight excluding hydrogens is 358 g/mol. The van der Waals surface area contributed by atoms with Crippen LogP contribution in [0, 0.1) is 0 Å². The molecule has 0 spiro atoms. The van der Waals surface area contributed by atoms with Gasteiger partial charge in [0.05, 0.1) is 19.6 Å². The monoisotopic (exact) mass is 395 g/mol. The van der Waals surface area contributed by atoms with Crippen molar-refractivity contribution in [3.63, 3.8) is 0 Å². The maximum Gasteiger partial charge on any atom is 0.307 e. The summed E-state index contributed by atoms with van der Waals surface area (Å²) in [5.41, 5.74) is 0. The molecule has 0 aromatic rings. The van der Waals surface area contributed by atoms with Crippen LogP contribution in [0.15, 0.2) is 0 Å². The highest BCUT2D eigenvalue weighted by Crippen LogP contribution is 2.18. The Bertz CT molecular complexity index is 526. The zero-order valence-electron chi connectivity index (χ0n) is 17.7. The van der Waals surface area contributed by atoms with Crippen molar-refractivity contribution in [3.05, 3.63) is 0 Å². The first-order valence-electron chi connectivity index (χ1n) is 11.0. The second-order valence-electron chi connectivity index (χ2n) is 7.80. The minimum Gasteiger partial charge on any atom is -0.466 e. The first kappa shape index (κ1) is 22.7. The Morgan fingerprint density at radius 2 is 1.89 bits per heavy atom. The summed E-state index contributed by atoms with van der Waals surface area (Å²) < 4.78 is 5.03. The van der Waals surface area contributed by atoms with Gasteiger partial charge in [-0.15, -0.1) is 0 Å². The van der Waals surface area contributed by atoms with Gasteiger partial charge >= 0.3 is 5.97 Å². The van der Waals surface area contributed by atoms with E-state index in [0.29, 0.717) is 38.7 Å². The van der Waals surface area contributed by atoms with E-state index in [1.807, 2.05) is 0 Å². The van der Waals surface area contributed by atoms with E-state index in [1.54, 1.807) is 16.7 Å². The lowest BCUT2D eigenvalue weighted by atomic mass is 10.1. The van der Waals surface area contributed by atoms with Crippen molar-refractivity contribution in [1.82, 2.24) is 14.7 Å². The molecule has 2 fully saturated rings. The Balaban J connectivity index is 1.99. The summed E-state index contributed by atoms with van der Waals surface area (Å²) in [5.74, 6) is -0.253. The molecule has 2 amide bonds. The molecule has 7 heteroatoms. The van der Waals surface area contributed by atoms with Crippen LogP contribution in [0.4, 0.5) is 0 Å². The number of nitrogens with zero attached hydrogens (tertiary/aromatic N) is 3. The molecule has 160 valence electrons. The molecule has 0 aliphatic carbocycles. The first-order chi connectivity index (χ1) is 13.5. The highest BCUT2D eigenvalue weighted by molar-refractivity contribution is 5.85. The van der Waals surface area contributed by atoms with Crippen LogP contribution < -0.4 is 0 Å². The topological polar surface area (TPSA) is 70.2 Å². The zero-order valence-corrected chi connectivity index (χ0v) is 17.7. The van der Waals surface area contributed by atoms with Crippen molar-refractivity contribution in [2.24, 2.45) is 0 Å². The molecule has 1 unspecified atom stereocenters. The maximum absolute atomic E-state index is 13.1. The van der Waals surface area contributed by atoms with Crippen molar-refractivity contribution in [2.75, 3.05) is 45.9 Å². The third-order valence-corrected chi connectivity index (χ3v) is 5.83. The van der Waals surface area contributed by atoms with Crippen LogP contribution in [-0.4, -0.2) is 84.4 Å². The van der Waals surface area contributed by atoms with Crippen molar-refractivity contribution >= 4 is 17.8 Å². The summed E-state index contributed by atoms with van der Waals surface area (Å²) in [6.45, 7) is 8.05. The first-order valence-corrected chi connectivity index (χ1v) is 11.0. The van der Waals surface area contributed by atoms with Crippen LogP contribution in [0.25, 0.3) is 0 Å². The van der Waals surface area contributed by atoms with Crippen molar-refractivity contribution in [1.29, 1.82) is 0 Å². The number of hydrogen-bond acceptors (Lipinski definition) is 5. The highest BCUT2D eigenvalue weighted by atomic mass is 16.5. The lowest BCUT2D eigenvalue weighted by Crippen LogP contribution is -2.48. The molecule has 0 N–H and O–H groups in total. The van der Waals surface area contributed by atoms with Gasteiger partial charge in [0.15, 0.2) is 0 Å². The number of carbonyl (C=O) groups is 3. The highest BCUT2D eigenvalue weighted by Gasteiger charge is 2.29. The summed E-state index contributed by atoms with van der Waals surface area (Å²) in [6, 6.07) is 0.333. The SMILES string of the molecule is CCOC(=O)CCN(CC1CCCN1CC)C(=O)CN1CCCCCCC1=O. The van der Waals surface area contributed by atoms with Crippen LogP contribution >= 0.6 is 0 Å². The number of hydrogen-bond donors (Lipinski definition) is 0. The fraction of sp³-hybridized carbons (Fsp3) is 0.857. The number of likely N-dealkylation sites (N-methyl/N-ethyl adjacent to an activating group) is 1. The molecule has 28 heavy (non-hydrogen) atoms.